The number of aliphatic hydroxyl groups is 1. The number of aliphatic carboxylic acids is 1. The second-order valence-corrected chi connectivity index (χ2v) is 14.4. The van der Waals surface area contributed by atoms with Crippen molar-refractivity contribution in [3.63, 3.8) is 0 Å². The number of aryl methyl sites for hydroxylation is 1. The summed E-state index contributed by atoms with van der Waals surface area (Å²) in [5.74, 6) is -11.4. The minimum atomic E-state index is -1.82. The molecule has 9 amide bonds. The molecule has 1 aliphatic heterocycles. The molecule has 2 rings (SSSR count). The van der Waals surface area contributed by atoms with E-state index in [9.17, 15) is 58.2 Å². The highest BCUT2D eigenvalue weighted by atomic mass is 16.4. The fourth-order valence-corrected chi connectivity index (χ4v) is 5.47. The number of fused-ring (bicyclic) bond motifs is 2. The van der Waals surface area contributed by atoms with Gasteiger partial charge in [-0.1, -0.05) is 32.9 Å². The summed E-state index contributed by atoms with van der Waals surface area (Å²) in [4.78, 5) is 128. The Balaban J connectivity index is 2.52. The van der Waals surface area contributed by atoms with Crippen LogP contribution in [0.4, 0.5) is 0 Å². The van der Waals surface area contributed by atoms with Gasteiger partial charge in [0.2, 0.25) is 53.2 Å². The van der Waals surface area contributed by atoms with Gasteiger partial charge < -0.3 is 58.9 Å². The van der Waals surface area contributed by atoms with E-state index >= 15 is 0 Å². The Morgan fingerprint density at radius 3 is 1.97 bits per heavy atom. The van der Waals surface area contributed by atoms with Crippen LogP contribution in [-0.4, -0.2) is 133 Å². The lowest BCUT2D eigenvalue weighted by Gasteiger charge is -2.27. The Labute approximate surface area is 333 Å². The second-order valence-electron chi connectivity index (χ2n) is 14.4. The van der Waals surface area contributed by atoms with Gasteiger partial charge in [-0.25, -0.2) is 0 Å². The summed E-state index contributed by atoms with van der Waals surface area (Å²) >= 11 is 0. The molecule has 0 saturated heterocycles. The van der Waals surface area contributed by atoms with E-state index in [2.05, 4.69) is 47.5 Å². The third-order valence-corrected chi connectivity index (χ3v) is 8.81. The summed E-state index contributed by atoms with van der Waals surface area (Å²) in [6.07, 6.45) is 0.0853. The number of hydrogen-bond acceptors (Lipinski definition) is 13. The number of aromatic nitrogens is 3. The fraction of sp³-hybridized carbons (Fsp3) is 0.647. The SMILES string of the molecule is CC(C)C(=O)N[C@@H]1Cc2cn(nn2)CCCC[C@@H](C(N)=O)NC(=O)[C@@H](CC(=O)O)NC(=O)[C@@H](CC(N)=O)NC(=O)[C@@H](C)NC(=O)C(C(C)C)NC(=O)[C@@H](CO)NC1=O. The van der Waals surface area contributed by atoms with Crippen molar-refractivity contribution in [2.24, 2.45) is 23.3 Å². The lowest BCUT2D eigenvalue weighted by atomic mass is 10.0. The average molecular weight is 823 g/mol. The van der Waals surface area contributed by atoms with Gasteiger partial charge >= 0.3 is 5.97 Å². The largest absolute Gasteiger partial charge is 0.481 e. The van der Waals surface area contributed by atoms with Crippen LogP contribution in [0.15, 0.2) is 6.20 Å². The van der Waals surface area contributed by atoms with Crippen LogP contribution >= 0.6 is 0 Å². The molecule has 322 valence electrons. The van der Waals surface area contributed by atoms with Gasteiger partial charge in [0, 0.05) is 25.1 Å². The second kappa shape index (κ2) is 22.5. The number of amides is 9. The van der Waals surface area contributed by atoms with Crippen molar-refractivity contribution in [3.05, 3.63) is 11.9 Å². The number of primary amides is 2. The maximum atomic E-state index is 13.5. The highest BCUT2D eigenvalue weighted by molar-refractivity contribution is 5.99. The quantitative estimate of drug-likeness (QED) is 0.111. The van der Waals surface area contributed by atoms with Crippen LogP contribution in [0.2, 0.25) is 0 Å². The summed E-state index contributed by atoms with van der Waals surface area (Å²) in [6, 6.07) is -10.6. The minimum Gasteiger partial charge on any atom is -0.481 e. The molecule has 0 radical (unpaired) electrons. The molecule has 1 aromatic heterocycles. The Morgan fingerprint density at radius 2 is 1.40 bits per heavy atom. The number of nitrogens with zero attached hydrogens (tertiary/aromatic N) is 3. The average Bonchev–Trinajstić information content (AvgIpc) is 3.58. The first-order valence-electron chi connectivity index (χ1n) is 18.5. The van der Waals surface area contributed by atoms with Gasteiger partial charge in [-0.05, 0) is 32.1 Å². The smallest absolute Gasteiger partial charge is 0.305 e. The predicted molar refractivity (Wildman–Crippen MR) is 199 cm³/mol. The zero-order chi connectivity index (χ0) is 43.9. The van der Waals surface area contributed by atoms with Crippen molar-refractivity contribution in [2.75, 3.05) is 6.61 Å². The molecule has 1 unspecified atom stereocenters. The molecule has 1 aromatic rings. The molecule has 0 aliphatic carbocycles. The van der Waals surface area contributed by atoms with Gasteiger partial charge in [0.25, 0.3) is 0 Å². The summed E-state index contributed by atoms with van der Waals surface area (Å²) in [6.45, 7) is 6.80. The number of hydrogen-bond donors (Lipinski definition) is 11. The standard InChI is InChI=1S/C34H54N12O12/c1-15(2)26-34(58)37-17(5)29(53)40-21(11-24(35)48)31(55)41-22(12-25(49)50)32(56)38-19(27(36)51)8-6-7-9-46-13-18(44-45-46)10-20(39-28(52)16(3)4)30(54)42-23(14-47)33(57)43-26/h13,15-17,19-23,26,47H,6-12,14H2,1-5H3,(H2,35,48)(H2,36,51)(H,37,58)(H,38,56)(H,39,52)(H,40,53)(H,41,55)(H,42,54)(H,43,57)(H,49,50)/t17-,19+,20-,21-,22-,23-,26?/m1/s1. The molecular formula is C34H54N12O12. The Hall–Kier alpha value is -6.20. The molecular weight excluding hydrogens is 768 g/mol. The minimum absolute atomic E-state index is 0.0267. The van der Waals surface area contributed by atoms with E-state index in [1.54, 1.807) is 27.7 Å². The molecule has 24 heteroatoms. The molecule has 0 aromatic carbocycles. The van der Waals surface area contributed by atoms with Gasteiger partial charge in [0.15, 0.2) is 0 Å². The Morgan fingerprint density at radius 1 is 0.810 bits per heavy atom. The van der Waals surface area contributed by atoms with E-state index in [4.69, 9.17) is 11.5 Å². The lowest BCUT2D eigenvalue weighted by molar-refractivity contribution is -0.141. The molecule has 58 heavy (non-hydrogen) atoms. The first-order valence-corrected chi connectivity index (χ1v) is 18.5. The van der Waals surface area contributed by atoms with Crippen molar-refractivity contribution in [1.29, 1.82) is 0 Å². The summed E-state index contributed by atoms with van der Waals surface area (Å²) in [5, 5.41) is 44.1. The number of carboxylic acids is 1. The highest BCUT2D eigenvalue weighted by Gasteiger charge is 2.35. The lowest BCUT2D eigenvalue weighted by Crippen LogP contribution is -2.61. The van der Waals surface area contributed by atoms with Crippen LogP contribution < -0.4 is 48.7 Å². The molecule has 24 nitrogen and oxygen atoms in total. The zero-order valence-electron chi connectivity index (χ0n) is 32.9. The van der Waals surface area contributed by atoms with Gasteiger partial charge in [0.1, 0.15) is 42.3 Å². The predicted octanol–water partition coefficient (Wildman–Crippen LogP) is -5.44. The maximum Gasteiger partial charge on any atom is 0.305 e. The first-order chi connectivity index (χ1) is 27.1. The summed E-state index contributed by atoms with van der Waals surface area (Å²) in [5.41, 5.74) is 11.0. The van der Waals surface area contributed by atoms with Crippen LogP contribution in [0, 0.1) is 11.8 Å². The number of carboxylic acid groups (broad SMARTS) is 1. The molecule has 1 aliphatic rings. The van der Waals surface area contributed by atoms with E-state index in [-0.39, 0.29) is 31.5 Å². The molecule has 0 fully saturated rings. The van der Waals surface area contributed by atoms with Crippen LogP contribution in [0.5, 0.6) is 0 Å². The van der Waals surface area contributed by atoms with Crippen molar-refractivity contribution in [3.8, 4) is 0 Å². The number of rotatable bonds is 9. The van der Waals surface area contributed by atoms with Crippen molar-refractivity contribution < 1.29 is 58.2 Å². The van der Waals surface area contributed by atoms with E-state index in [1.165, 1.54) is 17.8 Å². The van der Waals surface area contributed by atoms with E-state index < -0.39 is 133 Å². The number of nitrogens with one attached hydrogen (secondary N) is 7. The van der Waals surface area contributed by atoms with Crippen LogP contribution in [-0.2, 0) is 60.9 Å². The first kappa shape index (κ1) is 48.0. The van der Waals surface area contributed by atoms with Crippen LogP contribution in [0.3, 0.4) is 0 Å². The van der Waals surface area contributed by atoms with Crippen LogP contribution in [0.25, 0.3) is 0 Å². The highest BCUT2D eigenvalue weighted by Crippen LogP contribution is 2.09. The molecule has 13 N–H and O–H groups in total. The van der Waals surface area contributed by atoms with Crippen molar-refractivity contribution >= 4 is 59.1 Å². The summed E-state index contributed by atoms with van der Waals surface area (Å²) in [7, 11) is 0. The number of carbonyl (C=O) groups excluding carboxylic acids is 9. The Bertz CT molecular complexity index is 1700. The van der Waals surface area contributed by atoms with E-state index in [0.29, 0.717) is 6.42 Å². The summed E-state index contributed by atoms with van der Waals surface area (Å²) < 4.78 is 1.42. The maximum absolute atomic E-state index is 13.5. The molecule has 2 heterocycles. The molecule has 0 saturated carbocycles. The molecule has 2 bridgehead atoms. The zero-order valence-corrected chi connectivity index (χ0v) is 32.9. The van der Waals surface area contributed by atoms with Crippen LogP contribution in [0.1, 0.15) is 72.4 Å². The third-order valence-electron chi connectivity index (χ3n) is 8.81. The van der Waals surface area contributed by atoms with Gasteiger partial charge in [-0.3, -0.25) is 52.6 Å². The molecule has 0 spiro atoms. The number of carbonyl (C=O) groups is 10. The Kier molecular flexibility index (Phi) is 18.6. The van der Waals surface area contributed by atoms with E-state index in [0.717, 1.165) is 0 Å². The topological polar surface area (TPSA) is 378 Å². The van der Waals surface area contributed by atoms with Crippen molar-refractivity contribution in [2.45, 2.75) is 122 Å². The van der Waals surface area contributed by atoms with Gasteiger partial charge in [-0.2, -0.15) is 0 Å². The van der Waals surface area contributed by atoms with Crippen molar-refractivity contribution in [1.82, 2.24) is 52.2 Å². The van der Waals surface area contributed by atoms with E-state index in [1.807, 2.05) is 0 Å². The monoisotopic (exact) mass is 822 g/mol. The normalized spacial score (nSPS) is 25.2. The van der Waals surface area contributed by atoms with Gasteiger partial charge in [0.05, 0.1) is 25.1 Å². The number of nitrogens with two attached hydrogens (primary N) is 2. The molecule has 7 atom stereocenters. The third kappa shape index (κ3) is 15.4. The van der Waals surface area contributed by atoms with Gasteiger partial charge in [-0.15, -0.1) is 5.10 Å². The fourth-order valence-electron chi connectivity index (χ4n) is 5.47. The number of aliphatic hydroxyl groups excluding tert-OH is 1.